The minimum atomic E-state index is -0.0265. The summed E-state index contributed by atoms with van der Waals surface area (Å²) in [7, 11) is 0. The van der Waals surface area contributed by atoms with Crippen LogP contribution in [-0.2, 0) is 0 Å². The van der Waals surface area contributed by atoms with E-state index in [-0.39, 0.29) is 6.04 Å². The molecule has 0 aliphatic carbocycles. The van der Waals surface area contributed by atoms with E-state index in [9.17, 15) is 0 Å². The Bertz CT molecular complexity index is 1010. The molecule has 8 heteroatoms. The summed E-state index contributed by atoms with van der Waals surface area (Å²) in [6.07, 6.45) is 3.67. The zero-order chi connectivity index (χ0) is 17.4. The van der Waals surface area contributed by atoms with Gasteiger partial charge in [0.1, 0.15) is 5.51 Å². The molecule has 25 heavy (non-hydrogen) atoms. The molecule has 4 heterocycles. The van der Waals surface area contributed by atoms with Crippen molar-refractivity contribution in [3.05, 3.63) is 53.2 Å². The van der Waals surface area contributed by atoms with Gasteiger partial charge in [-0.15, -0.1) is 0 Å². The lowest BCUT2D eigenvalue weighted by atomic mass is 10.1. The Hall–Kier alpha value is -2.87. The Morgan fingerprint density at radius 2 is 2.00 bits per heavy atom. The Morgan fingerprint density at radius 3 is 2.80 bits per heavy atom. The molecule has 0 saturated carbocycles. The number of hydrogen-bond acceptors (Lipinski definition) is 7. The molecule has 0 radical (unpaired) electrons. The number of imidazole rings is 1. The number of pyridine rings is 1. The first-order chi connectivity index (χ1) is 12.1. The molecular formula is C17H17N7S. The van der Waals surface area contributed by atoms with E-state index in [0.29, 0.717) is 5.95 Å². The van der Waals surface area contributed by atoms with E-state index in [2.05, 4.69) is 30.4 Å². The van der Waals surface area contributed by atoms with Gasteiger partial charge in [-0.25, -0.2) is 19.5 Å². The van der Waals surface area contributed by atoms with Crippen molar-refractivity contribution in [3.8, 4) is 11.3 Å². The molecule has 7 nitrogen and oxygen atoms in total. The Balaban J connectivity index is 1.59. The third-order valence-corrected chi connectivity index (χ3v) is 4.64. The number of fused-ring (bicyclic) bond motifs is 1. The van der Waals surface area contributed by atoms with Crippen molar-refractivity contribution < 1.29 is 0 Å². The van der Waals surface area contributed by atoms with Crippen molar-refractivity contribution in [2.75, 3.05) is 5.32 Å². The lowest BCUT2D eigenvalue weighted by Crippen LogP contribution is -2.10. The maximum Gasteiger partial charge on any atom is 0.223 e. The van der Waals surface area contributed by atoms with Gasteiger partial charge in [-0.05, 0) is 39.0 Å². The summed E-state index contributed by atoms with van der Waals surface area (Å²) in [5, 5.41) is 7.51. The van der Waals surface area contributed by atoms with Crippen LogP contribution in [0.15, 0.2) is 36.1 Å². The third kappa shape index (κ3) is 3.08. The maximum atomic E-state index is 4.63. The van der Waals surface area contributed by atoms with Crippen LogP contribution >= 0.6 is 11.3 Å². The highest BCUT2D eigenvalue weighted by atomic mass is 32.1. The molecule has 1 unspecified atom stereocenters. The molecule has 0 bridgehead atoms. The van der Waals surface area contributed by atoms with Gasteiger partial charge in [-0.2, -0.15) is 5.10 Å². The van der Waals surface area contributed by atoms with E-state index in [4.69, 9.17) is 0 Å². The predicted molar refractivity (Wildman–Crippen MR) is 97.6 cm³/mol. The van der Waals surface area contributed by atoms with E-state index in [1.165, 1.54) is 11.3 Å². The molecule has 0 aromatic carbocycles. The number of nitrogens with zero attached hydrogens (tertiary/aromatic N) is 6. The fourth-order valence-electron chi connectivity index (χ4n) is 2.67. The van der Waals surface area contributed by atoms with Crippen molar-refractivity contribution >= 4 is 22.2 Å². The van der Waals surface area contributed by atoms with Crippen molar-refractivity contribution in [1.29, 1.82) is 0 Å². The van der Waals surface area contributed by atoms with Crippen molar-refractivity contribution in [3.63, 3.8) is 0 Å². The smallest absolute Gasteiger partial charge is 0.223 e. The second kappa shape index (κ2) is 6.21. The summed E-state index contributed by atoms with van der Waals surface area (Å²) in [4.78, 5) is 18.9. The lowest BCUT2D eigenvalue weighted by Gasteiger charge is -2.12. The van der Waals surface area contributed by atoms with E-state index in [1.54, 1.807) is 16.2 Å². The minimum absolute atomic E-state index is 0.0265. The molecule has 1 N–H and O–H groups in total. The van der Waals surface area contributed by atoms with Crippen LogP contribution in [0.4, 0.5) is 5.95 Å². The van der Waals surface area contributed by atoms with Crippen molar-refractivity contribution in [1.82, 2.24) is 29.5 Å². The van der Waals surface area contributed by atoms with E-state index < -0.39 is 0 Å². The van der Waals surface area contributed by atoms with Crippen LogP contribution < -0.4 is 5.32 Å². The number of hydrogen-bond donors (Lipinski definition) is 1. The summed E-state index contributed by atoms with van der Waals surface area (Å²) < 4.78 is 1.77. The molecule has 126 valence electrons. The van der Waals surface area contributed by atoms with Gasteiger partial charge in [0.15, 0.2) is 0 Å². The Morgan fingerprint density at radius 1 is 1.12 bits per heavy atom. The fraction of sp³-hybridized carbons (Fsp3) is 0.235. The van der Waals surface area contributed by atoms with Crippen LogP contribution in [0, 0.1) is 13.8 Å². The largest absolute Gasteiger partial charge is 0.346 e. The van der Waals surface area contributed by atoms with Gasteiger partial charge in [0.05, 0.1) is 23.6 Å². The molecule has 0 spiro atoms. The quantitative estimate of drug-likeness (QED) is 0.607. The van der Waals surface area contributed by atoms with Gasteiger partial charge in [-0.3, -0.25) is 4.98 Å². The zero-order valence-corrected chi connectivity index (χ0v) is 14.9. The molecule has 0 amide bonds. The van der Waals surface area contributed by atoms with Crippen LogP contribution in [0.2, 0.25) is 0 Å². The van der Waals surface area contributed by atoms with Gasteiger partial charge >= 0.3 is 0 Å². The first-order valence-electron chi connectivity index (χ1n) is 7.93. The number of aryl methyl sites for hydroxylation is 2. The summed E-state index contributed by atoms with van der Waals surface area (Å²) in [5.41, 5.74) is 6.49. The Kier molecular flexibility index (Phi) is 3.89. The minimum Gasteiger partial charge on any atom is -0.346 e. The standard InChI is InChI=1S/C17H17N7S/c1-10-4-5-13(11(2)20-10)14-6-7-18-16(22-14)21-12(3)15-8-24-17(23-15)25-9-19-24/h4-9,12H,1-3H3,(H,18,21,22). The monoisotopic (exact) mass is 351 g/mol. The van der Waals surface area contributed by atoms with Gasteiger partial charge < -0.3 is 5.32 Å². The number of rotatable bonds is 4. The summed E-state index contributed by atoms with van der Waals surface area (Å²) in [6, 6.07) is 5.90. The van der Waals surface area contributed by atoms with E-state index >= 15 is 0 Å². The fourth-order valence-corrected chi connectivity index (χ4v) is 3.28. The number of nitrogens with one attached hydrogen (secondary N) is 1. The molecule has 0 aliphatic heterocycles. The Labute approximate surface area is 148 Å². The second-order valence-electron chi connectivity index (χ2n) is 5.85. The predicted octanol–water partition coefficient (Wildman–Crippen LogP) is 3.43. The van der Waals surface area contributed by atoms with Gasteiger partial charge in [0.25, 0.3) is 0 Å². The molecular weight excluding hydrogens is 334 g/mol. The van der Waals surface area contributed by atoms with Crippen LogP contribution in [0.5, 0.6) is 0 Å². The highest BCUT2D eigenvalue weighted by molar-refractivity contribution is 7.14. The number of anilines is 1. The molecule has 1 atom stereocenters. The average Bonchev–Trinajstić information content (AvgIpc) is 3.16. The molecule has 4 rings (SSSR count). The lowest BCUT2D eigenvalue weighted by molar-refractivity contribution is 0.828. The highest BCUT2D eigenvalue weighted by Gasteiger charge is 2.13. The average molecular weight is 351 g/mol. The van der Waals surface area contributed by atoms with Gasteiger partial charge in [-0.1, -0.05) is 11.3 Å². The first kappa shape index (κ1) is 15.6. The molecule has 4 aromatic heterocycles. The third-order valence-electron chi connectivity index (χ3n) is 3.95. The van der Waals surface area contributed by atoms with Crippen LogP contribution in [0.1, 0.15) is 30.0 Å². The summed E-state index contributed by atoms with van der Waals surface area (Å²) in [5.74, 6) is 0.564. The van der Waals surface area contributed by atoms with Crippen LogP contribution in [0.25, 0.3) is 16.2 Å². The molecule has 0 fully saturated rings. The van der Waals surface area contributed by atoms with Crippen LogP contribution in [0.3, 0.4) is 0 Å². The van der Waals surface area contributed by atoms with Crippen molar-refractivity contribution in [2.24, 2.45) is 0 Å². The molecule has 0 aliphatic rings. The SMILES string of the molecule is Cc1ccc(-c2ccnc(NC(C)c3cn4ncsc4n3)n2)c(C)n1. The summed E-state index contributed by atoms with van der Waals surface area (Å²) in [6.45, 7) is 6.00. The number of aromatic nitrogens is 6. The van der Waals surface area contributed by atoms with Gasteiger partial charge in [0.2, 0.25) is 10.9 Å². The molecule has 0 saturated heterocycles. The maximum absolute atomic E-state index is 4.63. The van der Waals surface area contributed by atoms with Crippen LogP contribution in [-0.4, -0.2) is 29.5 Å². The topological polar surface area (TPSA) is 80.9 Å². The van der Waals surface area contributed by atoms with E-state index in [1.807, 2.05) is 45.2 Å². The summed E-state index contributed by atoms with van der Waals surface area (Å²) >= 11 is 1.51. The normalized spacial score (nSPS) is 12.4. The highest BCUT2D eigenvalue weighted by Crippen LogP contribution is 2.23. The zero-order valence-electron chi connectivity index (χ0n) is 14.1. The first-order valence-corrected chi connectivity index (χ1v) is 8.81. The van der Waals surface area contributed by atoms with E-state index in [0.717, 1.165) is 33.3 Å². The second-order valence-corrected chi connectivity index (χ2v) is 6.66. The molecule has 4 aromatic rings. The van der Waals surface area contributed by atoms with Gasteiger partial charge in [0, 0.05) is 23.1 Å². The van der Waals surface area contributed by atoms with Crippen molar-refractivity contribution in [2.45, 2.75) is 26.8 Å².